The van der Waals surface area contributed by atoms with Gasteiger partial charge in [-0.2, -0.15) is 0 Å². The van der Waals surface area contributed by atoms with Gasteiger partial charge in [0.05, 0.1) is 11.0 Å². The highest BCUT2D eigenvalue weighted by Gasteiger charge is 2.18. The first-order valence-corrected chi connectivity index (χ1v) is 8.09. The first kappa shape index (κ1) is 15.1. The summed E-state index contributed by atoms with van der Waals surface area (Å²) in [5.41, 5.74) is 3.43. The molecule has 4 nitrogen and oxygen atoms in total. The second-order valence-corrected chi connectivity index (χ2v) is 5.95. The molecule has 0 saturated heterocycles. The summed E-state index contributed by atoms with van der Waals surface area (Å²) in [5, 5.41) is 11.9. The monoisotopic (exact) mass is 328 g/mol. The van der Waals surface area contributed by atoms with Crippen molar-refractivity contribution >= 4 is 16.6 Å². The van der Waals surface area contributed by atoms with Gasteiger partial charge in [-0.25, -0.2) is 0 Å². The van der Waals surface area contributed by atoms with Gasteiger partial charge < -0.3 is 4.57 Å². The van der Waals surface area contributed by atoms with Gasteiger partial charge in [-0.15, -0.1) is 0 Å². The van der Waals surface area contributed by atoms with Crippen LogP contribution in [-0.4, -0.2) is 9.49 Å². The molecule has 4 heteroatoms. The molecule has 0 saturated carbocycles. The molecule has 0 unspecified atom stereocenters. The number of benzene rings is 3. The lowest BCUT2D eigenvalue weighted by Crippen LogP contribution is -2.11. The lowest BCUT2D eigenvalue weighted by molar-refractivity contribution is -0.384. The topological polar surface area (TPSA) is 48.1 Å². The van der Waals surface area contributed by atoms with Gasteiger partial charge in [-0.3, -0.25) is 10.1 Å². The Morgan fingerprint density at radius 2 is 1.40 bits per heavy atom. The zero-order chi connectivity index (χ0) is 17.2. The molecule has 0 radical (unpaired) electrons. The standard InChI is InChI=1S/C21H16N2O2/c24-23(25)19-11-12-20-18(15-19)13-14-22(20)21(16-7-3-1-4-8-16)17-9-5-2-6-10-17/h1-15,21H. The Hall–Kier alpha value is -3.40. The average Bonchev–Trinajstić information content (AvgIpc) is 3.07. The van der Waals surface area contributed by atoms with E-state index >= 15 is 0 Å². The molecule has 25 heavy (non-hydrogen) atoms. The maximum Gasteiger partial charge on any atom is 0.270 e. The summed E-state index contributed by atoms with van der Waals surface area (Å²) in [7, 11) is 0. The fourth-order valence-electron chi connectivity index (χ4n) is 3.27. The fraction of sp³-hybridized carbons (Fsp3) is 0.0476. The second kappa shape index (κ2) is 6.24. The third kappa shape index (κ3) is 2.78. The molecule has 0 aliphatic carbocycles. The van der Waals surface area contributed by atoms with Crippen LogP contribution in [-0.2, 0) is 0 Å². The van der Waals surface area contributed by atoms with E-state index in [1.165, 1.54) is 11.1 Å². The Morgan fingerprint density at radius 1 is 0.800 bits per heavy atom. The number of nitrogens with zero attached hydrogens (tertiary/aromatic N) is 2. The SMILES string of the molecule is O=[N+]([O-])c1ccc2c(ccn2C(c2ccccc2)c2ccccc2)c1. The van der Waals surface area contributed by atoms with E-state index in [4.69, 9.17) is 0 Å². The number of rotatable bonds is 4. The van der Waals surface area contributed by atoms with Crippen molar-refractivity contribution in [3.63, 3.8) is 0 Å². The summed E-state index contributed by atoms with van der Waals surface area (Å²) < 4.78 is 2.17. The Balaban J connectivity index is 1.91. The van der Waals surface area contributed by atoms with Gasteiger partial charge in [0.1, 0.15) is 0 Å². The van der Waals surface area contributed by atoms with Crippen LogP contribution in [0.1, 0.15) is 17.2 Å². The molecule has 0 aliphatic rings. The van der Waals surface area contributed by atoms with Crippen molar-refractivity contribution in [2.75, 3.05) is 0 Å². The van der Waals surface area contributed by atoms with Crippen LogP contribution < -0.4 is 0 Å². The number of hydrogen-bond donors (Lipinski definition) is 0. The molecule has 1 heterocycles. The largest absolute Gasteiger partial charge is 0.336 e. The summed E-state index contributed by atoms with van der Waals surface area (Å²) >= 11 is 0. The molecule has 4 rings (SSSR count). The van der Waals surface area contributed by atoms with Crippen molar-refractivity contribution in [3.8, 4) is 0 Å². The molecule has 3 aromatic carbocycles. The third-order valence-corrected chi connectivity index (χ3v) is 4.42. The Kier molecular flexibility index (Phi) is 3.78. The highest BCUT2D eigenvalue weighted by molar-refractivity contribution is 5.83. The smallest absolute Gasteiger partial charge is 0.270 e. The molecule has 0 bridgehead atoms. The Labute approximate surface area is 145 Å². The molecular weight excluding hydrogens is 312 g/mol. The van der Waals surface area contributed by atoms with Gasteiger partial charge in [0, 0.05) is 29.2 Å². The number of nitro benzene ring substituents is 1. The van der Waals surface area contributed by atoms with Crippen molar-refractivity contribution in [1.82, 2.24) is 4.57 Å². The average molecular weight is 328 g/mol. The predicted octanol–water partition coefficient (Wildman–Crippen LogP) is 5.19. The van der Waals surface area contributed by atoms with E-state index in [9.17, 15) is 10.1 Å². The van der Waals surface area contributed by atoms with Crippen LogP contribution in [0, 0.1) is 10.1 Å². The van der Waals surface area contributed by atoms with Crippen molar-refractivity contribution < 1.29 is 4.92 Å². The minimum atomic E-state index is -0.358. The van der Waals surface area contributed by atoms with Gasteiger partial charge in [-0.1, -0.05) is 60.7 Å². The minimum absolute atomic E-state index is 0.0151. The van der Waals surface area contributed by atoms with Gasteiger partial charge in [-0.05, 0) is 23.3 Å². The third-order valence-electron chi connectivity index (χ3n) is 4.42. The maximum absolute atomic E-state index is 11.0. The number of nitro groups is 1. The highest BCUT2D eigenvalue weighted by atomic mass is 16.6. The predicted molar refractivity (Wildman–Crippen MR) is 98.7 cm³/mol. The summed E-state index contributed by atoms with van der Waals surface area (Å²) in [6, 6.07) is 27.5. The molecule has 4 aromatic rings. The molecule has 122 valence electrons. The van der Waals surface area contributed by atoms with Crippen LogP contribution >= 0.6 is 0 Å². The molecule has 0 fully saturated rings. The van der Waals surface area contributed by atoms with Gasteiger partial charge in [0.15, 0.2) is 0 Å². The zero-order valence-electron chi connectivity index (χ0n) is 13.4. The highest BCUT2D eigenvalue weighted by Crippen LogP contribution is 2.32. The Morgan fingerprint density at radius 3 is 1.96 bits per heavy atom. The van der Waals surface area contributed by atoms with E-state index in [-0.39, 0.29) is 16.7 Å². The van der Waals surface area contributed by atoms with Gasteiger partial charge in [0.25, 0.3) is 5.69 Å². The maximum atomic E-state index is 11.0. The zero-order valence-corrected chi connectivity index (χ0v) is 13.4. The summed E-state index contributed by atoms with van der Waals surface area (Å²) in [4.78, 5) is 10.7. The summed E-state index contributed by atoms with van der Waals surface area (Å²) in [6.45, 7) is 0. The number of hydrogen-bond acceptors (Lipinski definition) is 2. The van der Waals surface area contributed by atoms with Crippen LogP contribution in [0.2, 0.25) is 0 Å². The molecule has 0 aliphatic heterocycles. The van der Waals surface area contributed by atoms with Crippen LogP contribution in [0.25, 0.3) is 10.9 Å². The lowest BCUT2D eigenvalue weighted by Gasteiger charge is -2.21. The van der Waals surface area contributed by atoms with E-state index in [0.29, 0.717) is 0 Å². The molecule has 0 spiro atoms. The molecule has 0 N–H and O–H groups in total. The molecule has 0 atom stereocenters. The Bertz CT molecular complexity index is 984. The van der Waals surface area contributed by atoms with E-state index in [2.05, 4.69) is 28.8 Å². The van der Waals surface area contributed by atoms with Crippen molar-refractivity contribution in [2.45, 2.75) is 6.04 Å². The first-order valence-electron chi connectivity index (χ1n) is 8.09. The van der Waals surface area contributed by atoms with Crippen LogP contribution in [0.4, 0.5) is 5.69 Å². The van der Waals surface area contributed by atoms with Crippen LogP contribution in [0.3, 0.4) is 0 Å². The van der Waals surface area contributed by atoms with Crippen molar-refractivity contribution in [3.05, 3.63) is 112 Å². The molecule has 1 aromatic heterocycles. The normalized spacial score (nSPS) is 11.1. The van der Waals surface area contributed by atoms with Crippen molar-refractivity contribution in [2.24, 2.45) is 0 Å². The molecule has 0 amide bonds. The van der Waals surface area contributed by atoms with Crippen molar-refractivity contribution in [1.29, 1.82) is 0 Å². The van der Waals surface area contributed by atoms with Gasteiger partial charge >= 0.3 is 0 Å². The van der Waals surface area contributed by atoms with Gasteiger partial charge in [0.2, 0.25) is 0 Å². The van der Waals surface area contributed by atoms with Crippen LogP contribution in [0.15, 0.2) is 91.1 Å². The second-order valence-electron chi connectivity index (χ2n) is 5.95. The first-order chi connectivity index (χ1) is 12.2. The number of fused-ring (bicyclic) bond motifs is 1. The van der Waals surface area contributed by atoms with Crippen LogP contribution in [0.5, 0.6) is 0 Å². The quantitative estimate of drug-likeness (QED) is 0.382. The van der Waals surface area contributed by atoms with E-state index in [1.807, 2.05) is 54.7 Å². The summed E-state index contributed by atoms with van der Waals surface area (Å²) in [5.74, 6) is 0. The minimum Gasteiger partial charge on any atom is -0.336 e. The number of non-ortho nitro benzene ring substituents is 1. The molecular formula is C21H16N2O2. The van der Waals surface area contributed by atoms with E-state index in [1.54, 1.807) is 12.1 Å². The van der Waals surface area contributed by atoms with E-state index in [0.717, 1.165) is 10.9 Å². The number of aromatic nitrogens is 1. The summed E-state index contributed by atoms with van der Waals surface area (Å²) in [6.07, 6.45) is 2.00. The lowest BCUT2D eigenvalue weighted by atomic mass is 9.98. The van der Waals surface area contributed by atoms with E-state index < -0.39 is 0 Å². The fourth-order valence-corrected chi connectivity index (χ4v) is 3.27.